The van der Waals surface area contributed by atoms with Crippen molar-refractivity contribution in [3.63, 3.8) is 0 Å². The molecule has 146 valence electrons. The third kappa shape index (κ3) is 3.27. The number of hydrogen-bond donors (Lipinski definition) is 2. The fourth-order valence-electron chi connectivity index (χ4n) is 5.84. The van der Waals surface area contributed by atoms with Crippen LogP contribution in [0, 0.1) is 17.3 Å². The molecule has 4 rings (SSSR count). The van der Waals surface area contributed by atoms with Gasteiger partial charge >= 0.3 is 0 Å². The van der Waals surface area contributed by atoms with Gasteiger partial charge in [-0.2, -0.15) is 0 Å². The molecule has 0 aromatic heterocycles. The van der Waals surface area contributed by atoms with Gasteiger partial charge in [0.2, 0.25) is 5.91 Å². The molecule has 0 heterocycles. The maximum Gasteiger partial charge on any atom is 0.233 e. The number of rotatable bonds is 5. The van der Waals surface area contributed by atoms with Gasteiger partial charge in [-0.3, -0.25) is 9.59 Å². The van der Waals surface area contributed by atoms with Crippen molar-refractivity contribution < 1.29 is 14.3 Å². The van der Waals surface area contributed by atoms with Gasteiger partial charge in [-0.1, -0.05) is 13.0 Å². The molecule has 2 saturated carbocycles. The second kappa shape index (κ2) is 7.27. The molecule has 3 aliphatic carbocycles. The number of hydrogen-bond acceptors (Lipinski definition) is 4. The Hall–Kier alpha value is -1.88. The number of benzene rings is 1. The van der Waals surface area contributed by atoms with E-state index in [9.17, 15) is 9.59 Å². The Balaban J connectivity index is 1.47. The minimum Gasteiger partial charge on any atom is -0.492 e. The van der Waals surface area contributed by atoms with Gasteiger partial charge in [0.15, 0.2) is 0 Å². The lowest BCUT2D eigenvalue weighted by molar-refractivity contribution is -0.129. The van der Waals surface area contributed by atoms with Crippen LogP contribution in [0.15, 0.2) is 18.2 Å². The van der Waals surface area contributed by atoms with Crippen molar-refractivity contribution in [3.8, 4) is 5.75 Å². The van der Waals surface area contributed by atoms with Gasteiger partial charge in [-0.15, -0.1) is 0 Å². The van der Waals surface area contributed by atoms with E-state index in [1.807, 2.05) is 6.07 Å². The molecule has 4 atom stereocenters. The summed E-state index contributed by atoms with van der Waals surface area (Å²) in [5.74, 6) is 2.93. The first-order chi connectivity index (χ1) is 13.0. The predicted molar refractivity (Wildman–Crippen MR) is 104 cm³/mol. The van der Waals surface area contributed by atoms with E-state index >= 15 is 0 Å². The SMILES string of the molecule is CC12CCC3c4cc(OCCNC(=O)CN)ccc4CCC3C1CCC2=O. The molecule has 0 aliphatic heterocycles. The molecule has 4 unspecified atom stereocenters. The second-order valence-corrected chi connectivity index (χ2v) is 8.60. The Morgan fingerprint density at radius 3 is 2.96 bits per heavy atom. The Morgan fingerprint density at radius 2 is 2.15 bits per heavy atom. The van der Waals surface area contributed by atoms with E-state index in [2.05, 4.69) is 24.4 Å². The molecule has 2 fully saturated rings. The molecule has 0 bridgehead atoms. The average Bonchev–Trinajstić information content (AvgIpc) is 2.99. The summed E-state index contributed by atoms with van der Waals surface area (Å²) in [5.41, 5.74) is 8.07. The van der Waals surface area contributed by atoms with Crippen molar-refractivity contribution in [2.75, 3.05) is 19.7 Å². The first-order valence-corrected chi connectivity index (χ1v) is 10.3. The standard InChI is InChI=1S/C22H30N2O3/c1-22-9-8-16-17(19(22)6-7-20(22)25)5-3-14-2-4-15(12-18(14)16)27-11-10-24-21(26)13-23/h2,4,12,16-17,19H,3,5-11,13,23H2,1H3,(H,24,26). The number of Topliss-reactive ketones (excluding diaryl/α,β-unsaturated/α-hetero) is 1. The normalized spacial score (nSPS) is 31.6. The van der Waals surface area contributed by atoms with Gasteiger partial charge in [0.25, 0.3) is 0 Å². The largest absolute Gasteiger partial charge is 0.492 e. The molecule has 27 heavy (non-hydrogen) atoms. The molecule has 0 spiro atoms. The number of aryl methyl sites for hydroxylation is 1. The number of ether oxygens (including phenoxy) is 1. The zero-order chi connectivity index (χ0) is 19.0. The molecule has 0 radical (unpaired) electrons. The Kier molecular flexibility index (Phi) is 4.97. The van der Waals surface area contributed by atoms with Gasteiger partial charge in [-0.25, -0.2) is 0 Å². The van der Waals surface area contributed by atoms with Crippen LogP contribution in [0.2, 0.25) is 0 Å². The molecule has 3 aliphatic rings. The molecular formula is C22H30N2O3. The van der Waals surface area contributed by atoms with Gasteiger partial charge in [-0.05, 0) is 73.1 Å². The number of nitrogens with two attached hydrogens (primary N) is 1. The quantitative estimate of drug-likeness (QED) is 0.781. The van der Waals surface area contributed by atoms with Crippen LogP contribution in [-0.2, 0) is 16.0 Å². The zero-order valence-electron chi connectivity index (χ0n) is 16.1. The van der Waals surface area contributed by atoms with E-state index in [0.717, 1.165) is 37.9 Å². The highest BCUT2D eigenvalue weighted by Crippen LogP contribution is 2.59. The van der Waals surface area contributed by atoms with Crippen molar-refractivity contribution in [2.24, 2.45) is 23.0 Å². The van der Waals surface area contributed by atoms with Crippen molar-refractivity contribution in [2.45, 2.75) is 51.4 Å². The second-order valence-electron chi connectivity index (χ2n) is 8.60. The summed E-state index contributed by atoms with van der Waals surface area (Å²) in [7, 11) is 0. The summed E-state index contributed by atoms with van der Waals surface area (Å²) in [5, 5.41) is 2.72. The van der Waals surface area contributed by atoms with Gasteiger partial charge in [0.05, 0.1) is 13.1 Å². The van der Waals surface area contributed by atoms with Crippen LogP contribution in [0.3, 0.4) is 0 Å². The van der Waals surface area contributed by atoms with Crippen molar-refractivity contribution in [1.29, 1.82) is 0 Å². The lowest BCUT2D eigenvalue weighted by Gasteiger charge is -2.48. The number of carbonyl (C=O) groups excluding carboxylic acids is 2. The minimum absolute atomic E-state index is 0.00447. The molecule has 1 aromatic carbocycles. The van der Waals surface area contributed by atoms with Crippen LogP contribution < -0.4 is 15.8 Å². The van der Waals surface area contributed by atoms with Crippen LogP contribution in [0.25, 0.3) is 0 Å². The summed E-state index contributed by atoms with van der Waals surface area (Å²) in [6.07, 6.45) is 6.28. The van der Waals surface area contributed by atoms with E-state index < -0.39 is 0 Å². The summed E-state index contributed by atoms with van der Waals surface area (Å²) >= 11 is 0. The van der Waals surface area contributed by atoms with Gasteiger partial charge < -0.3 is 15.8 Å². The Morgan fingerprint density at radius 1 is 1.30 bits per heavy atom. The van der Waals surface area contributed by atoms with Crippen LogP contribution in [-0.4, -0.2) is 31.4 Å². The highest BCUT2D eigenvalue weighted by Gasteiger charge is 2.54. The van der Waals surface area contributed by atoms with Crippen LogP contribution >= 0.6 is 0 Å². The average molecular weight is 370 g/mol. The van der Waals surface area contributed by atoms with Crippen molar-refractivity contribution in [1.82, 2.24) is 5.32 Å². The molecular weight excluding hydrogens is 340 g/mol. The molecule has 5 heteroatoms. The van der Waals surface area contributed by atoms with E-state index in [0.29, 0.717) is 36.7 Å². The van der Waals surface area contributed by atoms with Crippen LogP contribution in [0.4, 0.5) is 0 Å². The molecule has 0 saturated heterocycles. The number of nitrogens with one attached hydrogen (secondary N) is 1. The maximum absolute atomic E-state index is 12.5. The van der Waals surface area contributed by atoms with E-state index in [1.54, 1.807) is 0 Å². The number of ketones is 1. The third-order valence-corrected chi connectivity index (χ3v) is 7.29. The maximum atomic E-state index is 12.5. The summed E-state index contributed by atoms with van der Waals surface area (Å²) in [6, 6.07) is 6.44. The van der Waals surface area contributed by atoms with E-state index in [1.165, 1.54) is 17.5 Å². The van der Waals surface area contributed by atoms with E-state index in [4.69, 9.17) is 10.5 Å². The van der Waals surface area contributed by atoms with Crippen LogP contribution in [0.1, 0.15) is 56.1 Å². The first-order valence-electron chi connectivity index (χ1n) is 10.3. The Labute approximate surface area is 161 Å². The van der Waals surface area contributed by atoms with Crippen molar-refractivity contribution in [3.05, 3.63) is 29.3 Å². The smallest absolute Gasteiger partial charge is 0.233 e. The summed E-state index contributed by atoms with van der Waals surface area (Å²) in [6.45, 7) is 3.12. The minimum atomic E-state index is -0.164. The summed E-state index contributed by atoms with van der Waals surface area (Å²) in [4.78, 5) is 23.7. The molecule has 1 aromatic rings. The fraction of sp³-hybridized carbons (Fsp3) is 0.636. The molecule has 5 nitrogen and oxygen atoms in total. The zero-order valence-corrected chi connectivity index (χ0v) is 16.1. The first kappa shape index (κ1) is 18.5. The molecule has 1 amide bonds. The van der Waals surface area contributed by atoms with Gasteiger partial charge in [0, 0.05) is 11.8 Å². The number of carbonyl (C=O) groups is 2. The number of fused-ring (bicyclic) bond motifs is 5. The molecule has 3 N–H and O–H groups in total. The van der Waals surface area contributed by atoms with Gasteiger partial charge in [0.1, 0.15) is 18.1 Å². The number of amides is 1. The highest BCUT2D eigenvalue weighted by atomic mass is 16.5. The van der Waals surface area contributed by atoms with E-state index in [-0.39, 0.29) is 17.9 Å². The van der Waals surface area contributed by atoms with Crippen molar-refractivity contribution >= 4 is 11.7 Å². The lowest BCUT2D eigenvalue weighted by atomic mass is 9.55. The third-order valence-electron chi connectivity index (χ3n) is 7.29. The topological polar surface area (TPSA) is 81.4 Å². The fourth-order valence-corrected chi connectivity index (χ4v) is 5.84. The predicted octanol–water partition coefficient (Wildman–Crippen LogP) is 2.57. The van der Waals surface area contributed by atoms with Crippen LogP contribution in [0.5, 0.6) is 5.75 Å². The summed E-state index contributed by atoms with van der Waals surface area (Å²) < 4.78 is 5.86. The highest BCUT2D eigenvalue weighted by molar-refractivity contribution is 5.87. The monoisotopic (exact) mass is 370 g/mol. The lowest BCUT2D eigenvalue weighted by Crippen LogP contribution is -2.42. The Bertz CT molecular complexity index is 747.